The number of likely N-dealkylation sites (N-methyl/N-ethyl adjacent to an activating group) is 1. The molecular weight excluding hydrogens is 244 g/mol. The summed E-state index contributed by atoms with van der Waals surface area (Å²) in [7, 11) is 2.24. The molecule has 0 spiro atoms. The number of nitrogens with zero attached hydrogens (tertiary/aromatic N) is 1. The lowest BCUT2D eigenvalue weighted by molar-refractivity contribution is 0.182. The molecule has 1 fully saturated rings. The van der Waals surface area contributed by atoms with Gasteiger partial charge < -0.3 is 10.6 Å². The zero-order valence-electron chi connectivity index (χ0n) is 13.1. The monoisotopic (exact) mass is 274 g/mol. The molecule has 1 saturated carbocycles. The summed E-state index contributed by atoms with van der Waals surface area (Å²) in [5, 5.41) is 0. The van der Waals surface area contributed by atoms with E-state index < -0.39 is 0 Å². The minimum absolute atomic E-state index is 0.137. The highest BCUT2D eigenvalue weighted by molar-refractivity contribution is 5.25. The van der Waals surface area contributed by atoms with Gasteiger partial charge in [0.1, 0.15) is 0 Å². The van der Waals surface area contributed by atoms with Crippen LogP contribution in [0.5, 0.6) is 0 Å². The highest BCUT2D eigenvalue weighted by atomic mass is 15.1. The van der Waals surface area contributed by atoms with E-state index in [-0.39, 0.29) is 6.04 Å². The normalized spacial score (nSPS) is 18.4. The topological polar surface area (TPSA) is 29.3 Å². The lowest BCUT2D eigenvalue weighted by Crippen LogP contribution is -2.38. The molecule has 0 aliphatic heterocycles. The molecule has 1 unspecified atom stereocenters. The van der Waals surface area contributed by atoms with Gasteiger partial charge in [-0.1, -0.05) is 56.9 Å². The van der Waals surface area contributed by atoms with Gasteiger partial charge in [-0.2, -0.15) is 0 Å². The Kier molecular flexibility index (Phi) is 6.06. The average molecular weight is 274 g/mol. The van der Waals surface area contributed by atoms with Gasteiger partial charge in [-0.05, 0) is 37.4 Å². The van der Waals surface area contributed by atoms with E-state index in [9.17, 15) is 0 Å². The van der Waals surface area contributed by atoms with E-state index >= 15 is 0 Å². The molecule has 1 aromatic rings. The van der Waals surface area contributed by atoms with Crippen molar-refractivity contribution in [3.63, 3.8) is 0 Å². The van der Waals surface area contributed by atoms with Crippen molar-refractivity contribution in [2.75, 3.05) is 13.6 Å². The zero-order valence-corrected chi connectivity index (χ0v) is 13.1. The van der Waals surface area contributed by atoms with E-state index in [0.717, 1.165) is 19.0 Å². The summed E-state index contributed by atoms with van der Waals surface area (Å²) in [5.74, 6) is 0. The van der Waals surface area contributed by atoms with Crippen LogP contribution in [-0.2, 0) is 6.42 Å². The van der Waals surface area contributed by atoms with Crippen LogP contribution in [0.15, 0.2) is 24.3 Å². The van der Waals surface area contributed by atoms with E-state index in [1.54, 1.807) is 0 Å². The lowest BCUT2D eigenvalue weighted by Gasteiger charge is -2.33. The van der Waals surface area contributed by atoms with Crippen molar-refractivity contribution < 1.29 is 0 Å². The second-order valence-electron chi connectivity index (χ2n) is 6.33. The summed E-state index contributed by atoms with van der Waals surface area (Å²) in [6.07, 6.45) is 9.24. The van der Waals surface area contributed by atoms with Crippen LogP contribution >= 0.6 is 0 Å². The molecule has 20 heavy (non-hydrogen) atoms. The summed E-state index contributed by atoms with van der Waals surface area (Å²) >= 11 is 0. The standard InChI is InChI=1S/C18H30N2/c1-3-7-15-10-12-16(13-11-15)18(19)14-20(2)17-8-5-4-6-9-17/h10-13,17-18H,3-9,14,19H2,1-2H3. The van der Waals surface area contributed by atoms with Crippen LogP contribution in [0.1, 0.15) is 62.6 Å². The highest BCUT2D eigenvalue weighted by Gasteiger charge is 2.20. The first-order chi connectivity index (χ1) is 9.70. The Labute approximate surface area is 124 Å². The van der Waals surface area contributed by atoms with Crippen molar-refractivity contribution in [2.24, 2.45) is 5.73 Å². The van der Waals surface area contributed by atoms with Crippen LogP contribution in [0.2, 0.25) is 0 Å². The van der Waals surface area contributed by atoms with Crippen LogP contribution in [-0.4, -0.2) is 24.5 Å². The average Bonchev–Trinajstić information content (AvgIpc) is 2.49. The molecule has 1 aliphatic rings. The molecular formula is C18H30N2. The van der Waals surface area contributed by atoms with E-state index in [2.05, 4.69) is 43.1 Å². The first kappa shape index (κ1) is 15.5. The van der Waals surface area contributed by atoms with Crippen LogP contribution < -0.4 is 5.73 Å². The van der Waals surface area contributed by atoms with Gasteiger partial charge in [0.05, 0.1) is 0 Å². The van der Waals surface area contributed by atoms with Crippen molar-refractivity contribution >= 4 is 0 Å². The van der Waals surface area contributed by atoms with Gasteiger partial charge in [0.2, 0.25) is 0 Å². The molecule has 0 bridgehead atoms. The smallest absolute Gasteiger partial charge is 0.0424 e. The maximum absolute atomic E-state index is 6.38. The Morgan fingerprint density at radius 2 is 1.80 bits per heavy atom. The fourth-order valence-corrected chi connectivity index (χ4v) is 3.31. The predicted octanol–water partition coefficient (Wildman–Crippen LogP) is 3.90. The summed E-state index contributed by atoms with van der Waals surface area (Å²) in [4.78, 5) is 2.48. The molecule has 0 heterocycles. The fourth-order valence-electron chi connectivity index (χ4n) is 3.31. The van der Waals surface area contributed by atoms with Gasteiger partial charge in [0.15, 0.2) is 0 Å². The lowest BCUT2D eigenvalue weighted by atomic mass is 9.94. The summed E-state index contributed by atoms with van der Waals surface area (Å²) in [6, 6.07) is 9.78. The number of hydrogen-bond donors (Lipinski definition) is 1. The number of hydrogen-bond acceptors (Lipinski definition) is 2. The Bertz CT molecular complexity index is 379. The molecule has 0 saturated heterocycles. The molecule has 0 radical (unpaired) electrons. The first-order valence-electron chi connectivity index (χ1n) is 8.25. The molecule has 2 heteroatoms. The third-order valence-corrected chi connectivity index (χ3v) is 4.63. The maximum Gasteiger partial charge on any atom is 0.0424 e. The van der Waals surface area contributed by atoms with Crippen molar-refractivity contribution in [1.82, 2.24) is 4.90 Å². The van der Waals surface area contributed by atoms with Gasteiger partial charge in [-0.15, -0.1) is 0 Å². The molecule has 0 amide bonds. The molecule has 1 atom stereocenters. The minimum atomic E-state index is 0.137. The third-order valence-electron chi connectivity index (χ3n) is 4.63. The van der Waals surface area contributed by atoms with Gasteiger partial charge in [0, 0.05) is 18.6 Å². The minimum Gasteiger partial charge on any atom is -0.323 e. The summed E-state index contributed by atoms with van der Waals surface area (Å²) in [6.45, 7) is 3.19. The molecule has 1 aromatic carbocycles. The van der Waals surface area contributed by atoms with Crippen molar-refractivity contribution in [2.45, 2.75) is 64.0 Å². The SMILES string of the molecule is CCCc1ccc(C(N)CN(C)C2CCCCC2)cc1. The second kappa shape index (κ2) is 7.80. The molecule has 2 rings (SSSR count). The fraction of sp³-hybridized carbons (Fsp3) is 0.667. The Morgan fingerprint density at radius 1 is 1.15 bits per heavy atom. The van der Waals surface area contributed by atoms with Crippen LogP contribution in [0.4, 0.5) is 0 Å². The van der Waals surface area contributed by atoms with Crippen molar-refractivity contribution in [1.29, 1.82) is 0 Å². The predicted molar refractivity (Wildman–Crippen MR) is 86.9 cm³/mol. The Morgan fingerprint density at radius 3 is 2.40 bits per heavy atom. The summed E-state index contributed by atoms with van der Waals surface area (Å²) < 4.78 is 0. The summed E-state index contributed by atoms with van der Waals surface area (Å²) in [5.41, 5.74) is 9.08. The van der Waals surface area contributed by atoms with E-state index in [1.165, 1.54) is 49.7 Å². The number of benzene rings is 1. The second-order valence-corrected chi connectivity index (χ2v) is 6.33. The quantitative estimate of drug-likeness (QED) is 0.852. The maximum atomic E-state index is 6.38. The molecule has 2 nitrogen and oxygen atoms in total. The van der Waals surface area contributed by atoms with Crippen LogP contribution in [0.25, 0.3) is 0 Å². The molecule has 112 valence electrons. The Balaban J connectivity index is 1.88. The largest absolute Gasteiger partial charge is 0.323 e. The van der Waals surface area contributed by atoms with Gasteiger partial charge in [-0.25, -0.2) is 0 Å². The highest BCUT2D eigenvalue weighted by Crippen LogP contribution is 2.23. The van der Waals surface area contributed by atoms with Crippen LogP contribution in [0.3, 0.4) is 0 Å². The van der Waals surface area contributed by atoms with E-state index in [4.69, 9.17) is 5.73 Å². The molecule has 0 aromatic heterocycles. The van der Waals surface area contributed by atoms with Gasteiger partial charge in [-0.3, -0.25) is 0 Å². The van der Waals surface area contributed by atoms with Crippen molar-refractivity contribution in [3.05, 3.63) is 35.4 Å². The van der Waals surface area contributed by atoms with Crippen LogP contribution in [0, 0.1) is 0 Å². The number of rotatable bonds is 6. The van der Waals surface area contributed by atoms with E-state index in [1.807, 2.05) is 0 Å². The van der Waals surface area contributed by atoms with E-state index in [0.29, 0.717) is 0 Å². The molecule has 1 aliphatic carbocycles. The number of aryl methyl sites for hydroxylation is 1. The third kappa shape index (κ3) is 4.32. The first-order valence-corrected chi connectivity index (χ1v) is 8.25. The van der Waals surface area contributed by atoms with Gasteiger partial charge in [0.25, 0.3) is 0 Å². The molecule has 2 N–H and O–H groups in total. The van der Waals surface area contributed by atoms with Crippen molar-refractivity contribution in [3.8, 4) is 0 Å². The Hall–Kier alpha value is -0.860. The van der Waals surface area contributed by atoms with Gasteiger partial charge >= 0.3 is 0 Å². The number of nitrogens with two attached hydrogens (primary N) is 1. The zero-order chi connectivity index (χ0) is 14.4.